The van der Waals surface area contributed by atoms with Gasteiger partial charge in [-0.05, 0) is 116 Å². The van der Waals surface area contributed by atoms with Gasteiger partial charge in [0.2, 0.25) is 0 Å². The predicted molar refractivity (Wildman–Crippen MR) is 274 cm³/mol. The molecule has 0 amide bonds. The van der Waals surface area contributed by atoms with Gasteiger partial charge in [0.1, 0.15) is 21.2 Å². The van der Waals surface area contributed by atoms with Gasteiger partial charge in [-0.2, -0.15) is 0 Å². The normalized spacial score (nSPS) is 11.5. The molecule has 16 nitrogen and oxygen atoms in total. The zero-order chi connectivity index (χ0) is 51.5. The van der Waals surface area contributed by atoms with E-state index in [1.807, 2.05) is 6.92 Å². The van der Waals surface area contributed by atoms with E-state index in [-0.39, 0.29) is 77.8 Å². The number of sulfonamides is 2. The van der Waals surface area contributed by atoms with Crippen LogP contribution < -0.4 is 28.4 Å². The molecule has 370 valence electrons. The minimum atomic E-state index is -4.20. The summed E-state index contributed by atoms with van der Waals surface area (Å²) in [5, 5.41) is 19.9. The average Bonchev–Trinajstić information content (AvgIpc) is 3.82. The van der Waals surface area contributed by atoms with Crippen LogP contribution >= 0.6 is 58.0 Å². The predicted octanol–water partition coefficient (Wildman–Crippen LogP) is 12.7. The van der Waals surface area contributed by atoms with Crippen LogP contribution in [-0.4, -0.2) is 63.2 Å². The second kappa shape index (κ2) is 21.5. The smallest absolute Gasteiger partial charge is 0.307 e. The first-order valence-corrected chi connectivity index (χ1v) is 25.4. The van der Waals surface area contributed by atoms with Gasteiger partial charge in [-0.3, -0.25) is 19.0 Å². The summed E-state index contributed by atoms with van der Waals surface area (Å²) in [6, 6.07) is 25.9. The third-order valence-corrected chi connectivity index (χ3v) is 15.0. The van der Waals surface area contributed by atoms with Crippen molar-refractivity contribution in [2.75, 3.05) is 23.7 Å². The van der Waals surface area contributed by atoms with Crippen LogP contribution in [-0.2, 0) is 42.5 Å². The first kappa shape index (κ1) is 52.3. The van der Waals surface area contributed by atoms with Crippen LogP contribution in [0.15, 0.2) is 113 Å². The van der Waals surface area contributed by atoms with Crippen LogP contribution in [0.5, 0.6) is 34.5 Å². The van der Waals surface area contributed by atoms with E-state index in [0.717, 1.165) is 5.69 Å². The van der Waals surface area contributed by atoms with Crippen LogP contribution in [0.2, 0.25) is 25.1 Å². The van der Waals surface area contributed by atoms with Gasteiger partial charge < -0.3 is 39.1 Å². The van der Waals surface area contributed by atoms with Gasteiger partial charge in [-0.25, -0.2) is 16.8 Å². The highest BCUT2D eigenvalue weighted by atomic mass is 35.5. The lowest BCUT2D eigenvalue weighted by molar-refractivity contribution is -0.137. The molecular formula is C48H39Cl5N4O12S2. The molecule has 0 aliphatic rings. The monoisotopic (exact) mass is 1100 g/mol. The van der Waals surface area contributed by atoms with E-state index in [4.69, 9.17) is 87.2 Å². The van der Waals surface area contributed by atoms with Gasteiger partial charge >= 0.3 is 11.9 Å². The van der Waals surface area contributed by atoms with Gasteiger partial charge in [0.05, 0.1) is 42.1 Å². The van der Waals surface area contributed by atoms with Crippen LogP contribution in [0.25, 0.3) is 21.8 Å². The number of aromatic nitrogens is 2. The van der Waals surface area contributed by atoms with Crippen molar-refractivity contribution in [2.45, 2.75) is 36.5 Å². The minimum Gasteiger partial charge on any atom is -0.493 e. The van der Waals surface area contributed by atoms with Crippen LogP contribution in [0.3, 0.4) is 0 Å². The Balaban J connectivity index is 0.000000209. The SMILES string of the molecule is COc1cc(CC(=O)O)ccc1Oc1ccc2[nH]c(C)c(Cl)c2c1NS(=O)(=O)c1ccc(Cl)cc1Cl.COc1cc(CC(=O)O)ccc1Oc1ccc2[nH]c(C)cc2c1NS(=O)(=O)c1ccc(Cl)cc1Cl. The van der Waals surface area contributed by atoms with Gasteiger partial charge in [-0.15, -0.1) is 0 Å². The molecule has 0 aliphatic heterocycles. The lowest BCUT2D eigenvalue weighted by atomic mass is 10.1. The second-order valence-corrected chi connectivity index (χ2v) is 20.8. The van der Waals surface area contributed by atoms with E-state index in [1.54, 1.807) is 67.6 Å². The Morgan fingerprint density at radius 2 is 1.00 bits per heavy atom. The number of carbonyl (C=O) groups is 2. The third kappa shape index (κ3) is 12.0. The number of H-pyrrole nitrogens is 2. The van der Waals surface area contributed by atoms with Crippen molar-refractivity contribution in [3.8, 4) is 34.5 Å². The number of benzene rings is 6. The topological polar surface area (TPSA) is 235 Å². The van der Waals surface area contributed by atoms with Crippen molar-refractivity contribution in [1.29, 1.82) is 0 Å². The van der Waals surface area contributed by atoms with Crippen molar-refractivity contribution in [3.05, 3.63) is 151 Å². The number of carboxylic acids is 2. The molecule has 0 aliphatic carbocycles. The molecule has 0 saturated carbocycles. The number of methoxy groups -OCH3 is 2. The molecule has 71 heavy (non-hydrogen) atoms. The highest BCUT2D eigenvalue weighted by Crippen LogP contribution is 2.45. The molecule has 6 N–H and O–H groups in total. The van der Waals surface area contributed by atoms with E-state index in [1.165, 1.54) is 56.7 Å². The second-order valence-electron chi connectivity index (χ2n) is 15.5. The molecule has 0 fully saturated rings. The maximum Gasteiger partial charge on any atom is 0.307 e. The standard InChI is InChI=1S/C24H19Cl3N2O6S.C24H20Cl2N2O6S/c1-12-23(27)22-16(28-12)5-7-18(35-17-6-3-13(10-21(30)31)9-19(17)34-2)24(22)29-36(32,33)20-8-4-14(25)11-15(20)26;1-13-9-16-18(27-13)5-7-20(34-19-6-3-14(11-23(29)30)10-21(19)33-2)24(16)28-35(31,32)22-8-4-15(25)12-17(22)26/h3-9,11,28-29H,10H2,1-2H3,(H,30,31);3-10,12,27-28H,11H2,1-2H3,(H,29,30). The number of aryl methyl sites for hydroxylation is 2. The number of aromatic amines is 2. The minimum absolute atomic E-state index is 0.0272. The molecule has 0 unspecified atom stereocenters. The fraction of sp³-hybridized carbons (Fsp3) is 0.125. The van der Waals surface area contributed by atoms with Crippen molar-refractivity contribution in [2.24, 2.45) is 0 Å². The van der Waals surface area contributed by atoms with E-state index >= 15 is 0 Å². The highest BCUT2D eigenvalue weighted by molar-refractivity contribution is 7.93. The zero-order valence-electron chi connectivity index (χ0n) is 37.4. The number of hydrogen-bond donors (Lipinski definition) is 6. The Labute approximate surface area is 431 Å². The Kier molecular flexibility index (Phi) is 15.8. The number of hydrogen-bond acceptors (Lipinski definition) is 10. The maximum atomic E-state index is 13.3. The van der Waals surface area contributed by atoms with E-state index in [2.05, 4.69) is 19.4 Å². The summed E-state index contributed by atoms with van der Waals surface area (Å²) >= 11 is 30.7. The maximum absolute atomic E-state index is 13.3. The van der Waals surface area contributed by atoms with Crippen molar-refractivity contribution in [1.82, 2.24) is 9.97 Å². The Bertz CT molecular complexity index is 3620. The van der Waals surface area contributed by atoms with Crippen LogP contribution in [0, 0.1) is 13.8 Å². The number of fused-ring (bicyclic) bond motifs is 2. The van der Waals surface area contributed by atoms with E-state index < -0.39 is 32.0 Å². The zero-order valence-corrected chi connectivity index (χ0v) is 42.8. The fourth-order valence-electron chi connectivity index (χ4n) is 7.22. The Morgan fingerprint density at radius 3 is 1.46 bits per heavy atom. The molecule has 23 heteroatoms. The van der Waals surface area contributed by atoms with E-state index in [9.17, 15) is 26.4 Å². The first-order chi connectivity index (χ1) is 33.6. The summed E-state index contributed by atoms with van der Waals surface area (Å²) in [6.07, 6.45) is -0.383. The summed E-state index contributed by atoms with van der Waals surface area (Å²) < 4.78 is 81.3. The molecule has 2 heterocycles. The number of nitrogens with one attached hydrogen (secondary N) is 4. The number of carboxylic acid groups (broad SMARTS) is 2. The molecular weight excluding hydrogens is 1070 g/mol. The summed E-state index contributed by atoms with van der Waals surface area (Å²) in [5.74, 6) is -0.575. The van der Waals surface area contributed by atoms with Crippen molar-refractivity contribution < 1.29 is 55.6 Å². The molecule has 0 bridgehead atoms. The van der Waals surface area contributed by atoms with Crippen LogP contribution in [0.4, 0.5) is 11.4 Å². The van der Waals surface area contributed by atoms with Crippen molar-refractivity contribution >= 4 is 123 Å². The fourth-order valence-corrected chi connectivity index (χ4v) is 11.2. The summed E-state index contributed by atoms with van der Waals surface area (Å²) in [7, 11) is -5.49. The molecule has 8 aromatic rings. The first-order valence-electron chi connectivity index (χ1n) is 20.6. The number of anilines is 2. The molecule has 0 saturated heterocycles. The number of halogens is 5. The Hall–Kier alpha value is -6.51. The van der Waals surface area contributed by atoms with Crippen LogP contribution in [0.1, 0.15) is 22.5 Å². The molecule has 0 radical (unpaired) electrons. The lowest BCUT2D eigenvalue weighted by Gasteiger charge is -2.17. The third-order valence-electron chi connectivity index (χ3n) is 10.4. The Morgan fingerprint density at radius 1 is 0.549 bits per heavy atom. The van der Waals surface area contributed by atoms with Gasteiger partial charge in [0.15, 0.2) is 34.5 Å². The summed E-state index contributed by atoms with van der Waals surface area (Å²) in [6.45, 7) is 3.60. The molecule has 2 aromatic heterocycles. The largest absolute Gasteiger partial charge is 0.493 e. The lowest BCUT2D eigenvalue weighted by Crippen LogP contribution is -2.14. The number of rotatable bonds is 16. The molecule has 0 atom stereocenters. The van der Waals surface area contributed by atoms with Gasteiger partial charge in [0.25, 0.3) is 20.0 Å². The highest BCUT2D eigenvalue weighted by Gasteiger charge is 2.26. The van der Waals surface area contributed by atoms with Crippen molar-refractivity contribution in [3.63, 3.8) is 0 Å². The molecule has 8 rings (SSSR count). The van der Waals surface area contributed by atoms with Gasteiger partial charge in [-0.1, -0.05) is 70.1 Å². The summed E-state index contributed by atoms with van der Waals surface area (Å²) in [4.78, 5) is 28.1. The molecule has 6 aromatic carbocycles. The quantitative estimate of drug-likeness (QED) is 0.0530. The van der Waals surface area contributed by atoms with E-state index in [0.29, 0.717) is 54.4 Å². The summed E-state index contributed by atoms with van der Waals surface area (Å²) in [5.41, 5.74) is 4.01. The number of aliphatic carboxylic acids is 2. The average molecular weight is 1110 g/mol. The number of ether oxygens (including phenoxy) is 4. The molecule has 0 spiro atoms. The van der Waals surface area contributed by atoms with Gasteiger partial charge in [0, 0.05) is 43.2 Å².